The highest BCUT2D eigenvalue weighted by Crippen LogP contribution is 2.47. The van der Waals surface area contributed by atoms with E-state index >= 15 is 0 Å². The van der Waals surface area contributed by atoms with Gasteiger partial charge in [-0.3, -0.25) is 0 Å². The molecule has 5 rings (SSSR count). The Kier molecular flexibility index (Phi) is 5.59. The molecule has 1 atom stereocenters. The summed E-state index contributed by atoms with van der Waals surface area (Å²) in [5, 5.41) is 2.71. The molecule has 1 unspecified atom stereocenters. The molecule has 0 aromatic heterocycles. The van der Waals surface area contributed by atoms with Gasteiger partial charge in [0.25, 0.3) is 0 Å². The first kappa shape index (κ1) is 20.9. The number of hydrogen-bond donors (Lipinski definition) is 0. The monoisotopic (exact) mass is 420 g/mol. The molecule has 0 amide bonds. The van der Waals surface area contributed by atoms with Crippen LogP contribution in [0.5, 0.6) is 0 Å². The molecule has 2 aliphatic rings. The average molecular weight is 421 g/mol. The van der Waals surface area contributed by atoms with E-state index in [4.69, 9.17) is 0 Å². The van der Waals surface area contributed by atoms with Crippen molar-refractivity contribution in [2.24, 2.45) is 5.92 Å². The first-order chi connectivity index (χ1) is 15.6. The third-order valence-corrected chi connectivity index (χ3v) is 7.51. The number of allylic oxidation sites excluding steroid dienone is 3. The average Bonchev–Trinajstić information content (AvgIpc) is 3.39. The van der Waals surface area contributed by atoms with E-state index in [0.717, 1.165) is 18.9 Å². The van der Waals surface area contributed by atoms with Gasteiger partial charge in [-0.25, -0.2) is 0 Å². The van der Waals surface area contributed by atoms with Crippen LogP contribution in [0.15, 0.2) is 85.5 Å². The maximum Gasteiger partial charge on any atom is 0.210 e. The lowest BCUT2D eigenvalue weighted by molar-refractivity contribution is -0.455. The smallest absolute Gasteiger partial charge is 0.191 e. The molecule has 0 N–H and O–H groups in total. The minimum atomic E-state index is -0.0876. The Morgan fingerprint density at radius 2 is 1.81 bits per heavy atom. The summed E-state index contributed by atoms with van der Waals surface area (Å²) in [5.74, 6) is 0.720. The Morgan fingerprint density at radius 1 is 1.03 bits per heavy atom. The van der Waals surface area contributed by atoms with Gasteiger partial charge in [0, 0.05) is 23.3 Å². The van der Waals surface area contributed by atoms with Crippen molar-refractivity contribution in [3.05, 3.63) is 102 Å². The van der Waals surface area contributed by atoms with Crippen molar-refractivity contribution >= 4 is 22.2 Å². The summed E-state index contributed by atoms with van der Waals surface area (Å²) in [6.45, 7) is 9.66. The molecule has 0 bridgehead atoms. The summed E-state index contributed by atoms with van der Waals surface area (Å²) in [7, 11) is 0. The lowest BCUT2D eigenvalue weighted by Crippen LogP contribution is -2.31. The van der Waals surface area contributed by atoms with Crippen LogP contribution in [0.1, 0.15) is 55.7 Å². The van der Waals surface area contributed by atoms with Crippen LogP contribution < -0.4 is 0 Å². The molecule has 162 valence electrons. The van der Waals surface area contributed by atoms with Gasteiger partial charge >= 0.3 is 0 Å². The van der Waals surface area contributed by atoms with Crippen LogP contribution in [-0.2, 0) is 12.0 Å². The van der Waals surface area contributed by atoms with E-state index < -0.39 is 0 Å². The van der Waals surface area contributed by atoms with E-state index in [9.17, 15) is 0 Å². The number of hydrogen-bond acceptors (Lipinski definition) is 0. The Balaban J connectivity index is 1.72. The predicted molar refractivity (Wildman–Crippen MR) is 137 cm³/mol. The van der Waals surface area contributed by atoms with Crippen molar-refractivity contribution in [2.75, 3.05) is 0 Å². The largest absolute Gasteiger partial charge is 0.210 e. The number of aryl methyl sites for hydroxylation is 1. The highest BCUT2D eigenvalue weighted by atomic mass is 15.1. The molecule has 0 spiro atoms. The quantitative estimate of drug-likeness (QED) is 0.280. The summed E-state index contributed by atoms with van der Waals surface area (Å²) >= 11 is 0. The second kappa shape index (κ2) is 8.54. The maximum atomic E-state index is 4.16. The van der Waals surface area contributed by atoms with Crippen molar-refractivity contribution in [1.82, 2.24) is 0 Å². The van der Waals surface area contributed by atoms with Crippen molar-refractivity contribution in [1.29, 1.82) is 0 Å². The summed E-state index contributed by atoms with van der Waals surface area (Å²) < 4.78 is 2.57. The van der Waals surface area contributed by atoms with Gasteiger partial charge < -0.3 is 0 Å². The lowest BCUT2D eigenvalue weighted by atomic mass is 9.74. The molecule has 3 aromatic rings. The van der Waals surface area contributed by atoms with E-state index in [1.807, 2.05) is 0 Å². The minimum Gasteiger partial charge on any atom is -0.191 e. The molecule has 3 aromatic carbocycles. The summed E-state index contributed by atoms with van der Waals surface area (Å²) in [6, 6.07) is 22.4. The van der Waals surface area contributed by atoms with E-state index in [2.05, 4.69) is 104 Å². The fourth-order valence-electron chi connectivity index (χ4n) is 5.88. The molecule has 1 nitrogen and oxygen atoms in total. The van der Waals surface area contributed by atoms with E-state index in [1.54, 1.807) is 0 Å². The van der Waals surface area contributed by atoms with Crippen molar-refractivity contribution in [2.45, 2.75) is 57.9 Å². The van der Waals surface area contributed by atoms with Crippen LogP contribution in [-0.4, -0.2) is 10.3 Å². The molecule has 1 saturated carbocycles. The molecule has 0 saturated heterocycles. The highest BCUT2D eigenvalue weighted by molar-refractivity contribution is 6.08. The fourth-order valence-corrected chi connectivity index (χ4v) is 5.88. The Hall–Kier alpha value is -2.93. The molecule has 1 aliphatic heterocycles. The summed E-state index contributed by atoms with van der Waals surface area (Å²) in [5.41, 5.74) is 6.79. The predicted octanol–water partition coefficient (Wildman–Crippen LogP) is 8.03. The van der Waals surface area contributed by atoms with Crippen LogP contribution in [0.4, 0.5) is 5.69 Å². The van der Waals surface area contributed by atoms with Gasteiger partial charge in [0.2, 0.25) is 5.69 Å². The van der Waals surface area contributed by atoms with Gasteiger partial charge in [-0.15, -0.1) is 6.58 Å². The second-order valence-corrected chi connectivity index (χ2v) is 9.87. The van der Waals surface area contributed by atoms with Crippen LogP contribution in [0.25, 0.3) is 10.8 Å². The number of rotatable bonds is 6. The van der Waals surface area contributed by atoms with Crippen molar-refractivity contribution in [3.63, 3.8) is 0 Å². The van der Waals surface area contributed by atoms with Crippen LogP contribution in [0.3, 0.4) is 0 Å². The molecule has 0 radical (unpaired) electrons. The zero-order chi connectivity index (χ0) is 22.1. The molecule has 1 heteroatoms. The third-order valence-electron chi connectivity index (χ3n) is 7.51. The molecular formula is C31H34N+. The third kappa shape index (κ3) is 3.64. The Labute approximate surface area is 192 Å². The molecule has 1 heterocycles. The number of fused-ring (bicyclic) bond motifs is 3. The van der Waals surface area contributed by atoms with Crippen LogP contribution in [0.2, 0.25) is 0 Å². The van der Waals surface area contributed by atoms with E-state index in [-0.39, 0.29) is 5.41 Å². The standard InChI is InChI=1S/C31H34N/c1-4-20-31(3)29(19-15-24-10-8-9-11-24)32(22-25-12-6-5-7-13-25)28-18-16-26-21-23(2)14-17-27(26)30(28)31/h4-7,12-19,21,24H,1,8-11,20,22H2,2-3H3/q+1. The first-order valence-electron chi connectivity index (χ1n) is 12.1. The molecular weight excluding hydrogens is 386 g/mol. The number of nitrogens with zero attached hydrogens (tertiary/aromatic N) is 1. The minimum absolute atomic E-state index is 0.0876. The van der Waals surface area contributed by atoms with E-state index in [1.165, 1.54) is 64.5 Å². The van der Waals surface area contributed by atoms with Gasteiger partial charge in [-0.05, 0) is 55.9 Å². The highest BCUT2D eigenvalue weighted by Gasteiger charge is 2.48. The van der Waals surface area contributed by atoms with Gasteiger partial charge in [0.15, 0.2) is 12.3 Å². The summed E-state index contributed by atoms with van der Waals surface area (Å²) in [4.78, 5) is 0. The number of benzene rings is 3. The molecule has 1 aliphatic carbocycles. The van der Waals surface area contributed by atoms with Crippen LogP contribution in [0, 0.1) is 12.8 Å². The lowest BCUT2D eigenvalue weighted by Gasteiger charge is -2.22. The Morgan fingerprint density at radius 3 is 2.56 bits per heavy atom. The Bertz CT molecular complexity index is 1210. The van der Waals surface area contributed by atoms with Gasteiger partial charge in [0.1, 0.15) is 0 Å². The molecule has 32 heavy (non-hydrogen) atoms. The van der Waals surface area contributed by atoms with Gasteiger partial charge in [-0.1, -0.05) is 79.1 Å². The normalized spacial score (nSPS) is 21.1. The summed E-state index contributed by atoms with van der Waals surface area (Å²) in [6.07, 6.45) is 13.4. The van der Waals surface area contributed by atoms with Crippen LogP contribution >= 0.6 is 0 Å². The first-order valence-corrected chi connectivity index (χ1v) is 12.1. The second-order valence-electron chi connectivity index (χ2n) is 9.87. The van der Waals surface area contributed by atoms with Gasteiger partial charge in [0.05, 0.1) is 5.41 Å². The van der Waals surface area contributed by atoms with Gasteiger partial charge in [-0.2, -0.15) is 4.58 Å². The van der Waals surface area contributed by atoms with Crippen molar-refractivity contribution in [3.8, 4) is 0 Å². The van der Waals surface area contributed by atoms with E-state index in [0.29, 0.717) is 0 Å². The zero-order valence-electron chi connectivity index (χ0n) is 19.5. The SMILES string of the molecule is C=CCC1(C)C(C=CC2CCCC2)=[N+](Cc2ccccc2)c2ccc3cc(C)ccc3c21. The fraction of sp³-hybridized carbons (Fsp3) is 0.323. The maximum absolute atomic E-state index is 4.16. The zero-order valence-corrected chi connectivity index (χ0v) is 19.5. The molecule has 1 fully saturated rings. The topological polar surface area (TPSA) is 3.01 Å². The van der Waals surface area contributed by atoms with Crippen molar-refractivity contribution < 1.29 is 4.58 Å².